The normalized spacial score (nSPS) is 22.2. The highest BCUT2D eigenvalue weighted by atomic mass is 15.2. The van der Waals surface area contributed by atoms with Crippen LogP contribution in [0.4, 0.5) is 0 Å². The summed E-state index contributed by atoms with van der Waals surface area (Å²) in [4.78, 5) is 6.65. The lowest BCUT2D eigenvalue weighted by molar-refractivity contribution is 0.235. The number of nitrogens with one attached hydrogen (secondary N) is 2. The van der Waals surface area contributed by atoms with Crippen molar-refractivity contribution in [3.05, 3.63) is 30.1 Å². The number of nitrogens with zero attached hydrogens (tertiary/aromatic N) is 2. The van der Waals surface area contributed by atoms with Crippen molar-refractivity contribution >= 4 is 0 Å². The highest BCUT2D eigenvalue weighted by molar-refractivity contribution is 5.02. The van der Waals surface area contributed by atoms with Crippen LogP contribution in [0.25, 0.3) is 0 Å². The van der Waals surface area contributed by atoms with Gasteiger partial charge < -0.3 is 15.5 Å². The Hall–Kier alpha value is -0.970. The molecular weight excluding hydrogens is 200 g/mol. The van der Waals surface area contributed by atoms with Crippen molar-refractivity contribution in [2.75, 3.05) is 33.2 Å². The first-order valence-corrected chi connectivity index (χ1v) is 5.87. The van der Waals surface area contributed by atoms with Crippen LogP contribution >= 0.6 is 0 Å². The molecule has 0 bridgehead atoms. The first-order valence-electron chi connectivity index (χ1n) is 5.87. The fourth-order valence-electron chi connectivity index (χ4n) is 2.01. The number of likely N-dealkylation sites (N-methyl/N-ethyl adjacent to an activating group) is 1. The highest BCUT2D eigenvalue weighted by Crippen LogP contribution is 1.96. The van der Waals surface area contributed by atoms with Gasteiger partial charge in [-0.25, -0.2) is 0 Å². The number of hydrogen-bond acceptors (Lipinski definition) is 4. The Labute approximate surface area is 97.1 Å². The maximum Gasteiger partial charge on any atom is 0.0541 e. The Balaban J connectivity index is 1.68. The van der Waals surface area contributed by atoms with Crippen molar-refractivity contribution in [3.63, 3.8) is 0 Å². The summed E-state index contributed by atoms with van der Waals surface area (Å²) in [5.74, 6) is 0. The van der Waals surface area contributed by atoms with Gasteiger partial charge in [-0.15, -0.1) is 0 Å². The average molecular weight is 220 g/mol. The summed E-state index contributed by atoms with van der Waals surface area (Å²) in [6.07, 6.45) is 1.84. The van der Waals surface area contributed by atoms with E-state index >= 15 is 0 Å². The Morgan fingerprint density at radius 2 is 2.50 bits per heavy atom. The van der Waals surface area contributed by atoms with Crippen LogP contribution in [0.5, 0.6) is 0 Å². The topological polar surface area (TPSA) is 40.2 Å². The van der Waals surface area contributed by atoms with Crippen LogP contribution in [0.3, 0.4) is 0 Å². The van der Waals surface area contributed by atoms with Crippen LogP contribution in [0.15, 0.2) is 24.4 Å². The van der Waals surface area contributed by atoms with Crippen LogP contribution in [0.1, 0.15) is 5.69 Å². The molecule has 1 unspecified atom stereocenters. The van der Waals surface area contributed by atoms with Crippen LogP contribution in [-0.2, 0) is 6.54 Å². The van der Waals surface area contributed by atoms with E-state index in [0.717, 1.165) is 38.4 Å². The molecule has 0 spiro atoms. The van der Waals surface area contributed by atoms with Gasteiger partial charge in [0.15, 0.2) is 0 Å². The predicted molar refractivity (Wildman–Crippen MR) is 65.2 cm³/mol. The largest absolute Gasteiger partial charge is 0.310 e. The SMILES string of the molecule is CN1CCNC(CNCc2ccccn2)C1. The summed E-state index contributed by atoms with van der Waals surface area (Å²) >= 11 is 0. The predicted octanol–water partition coefficient (Wildman–Crippen LogP) is 0.0748. The Morgan fingerprint density at radius 1 is 1.56 bits per heavy atom. The van der Waals surface area contributed by atoms with Crippen LogP contribution < -0.4 is 10.6 Å². The molecule has 1 fully saturated rings. The van der Waals surface area contributed by atoms with E-state index in [-0.39, 0.29) is 0 Å². The van der Waals surface area contributed by atoms with Crippen LogP contribution in [0, 0.1) is 0 Å². The van der Waals surface area contributed by atoms with Gasteiger partial charge in [-0.3, -0.25) is 4.98 Å². The lowest BCUT2D eigenvalue weighted by atomic mass is 10.2. The highest BCUT2D eigenvalue weighted by Gasteiger charge is 2.15. The van der Waals surface area contributed by atoms with E-state index < -0.39 is 0 Å². The van der Waals surface area contributed by atoms with Crippen LogP contribution in [0.2, 0.25) is 0 Å². The van der Waals surface area contributed by atoms with Crippen molar-refractivity contribution in [1.29, 1.82) is 0 Å². The van der Waals surface area contributed by atoms with E-state index in [4.69, 9.17) is 0 Å². The van der Waals surface area contributed by atoms with Crippen molar-refractivity contribution in [2.45, 2.75) is 12.6 Å². The third-order valence-corrected chi connectivity index (χ3v) is 2.88. The maximum absolute atomic E-state index is 4.28. The molecule has 1 aliphatic heterocycles. The number of piperazine rings is 1. The first kappa shape index (κ1) is 11.5. The van der Waals surface area contributed by atoms with E-state index in [0.29, 0.717) is 6.04 Å². The summed E-state index contributed by atoms with van der Waals surface area (Å²) in [7, 11) is 2.17. The number of hydrogen-bond donors (Lipinski definition) is 2. The minimum atomic E-state index is 0.558. The molecule has 88 valence electrons. The van der Waals surface area contributed by atoms with E-state index in [1.165, 1.54) is 0 Å². The molecule has 16 heavy (non-hydrogen) atoms. The zero-order valence-electron chi connectivity index (χ0n) is 9.82. The minimum absolute atomic E-state index is 0.558. The summed E-state index contributed by atoms with van der Waals surface area (Å²) in [5.41, 5.74) is 1.10. The fourth-order valence-corrected chi connectivity index (χ4v) is 2.01. The molecule has 0 aromatic carbocycles. The summed E-state index contributed by atoms with van der Waals surface area (Å²) in [6, 6.07) is 6.58. The number of rotatable bonds is 4. The molecule has 2 heterocycles. The molecule has 1 atom stereocenters. The molecule has 2 rings (SSSR count). The molecule has 1 saturated heterocycles. The molecule has 0 aliphatic carbocycles. The molecule has 0 saturated carbocycles. The van der Waals surface area contributed by atoms with Gasteiger partial charge in [-0.1, -0.05) is 6.07 Å². The second-order valence-electron chi connectivity index (χ2n) is 4.37. The number of aromatic nitrogens is 1. The van der Waals surface area contributed by atoms with Gasteiger partial charge in [-0.2, -0.15) is 0 Å². The monoisotopic (exact) mass is 220 g/mol. The molecule has 4 nitrogen and oxygen atoms in total. The summed E-state index contributed by atoms with van der Waals surface area (Å²) in [6.45, 7) is 5.21. The standard InChI is InChI=1S/C12H20N4/c1-16-7-6-15-12(10-16)9-13-8-11-4-2-3-5-14-11/h2-5,12-13,15H,6-10H2,1H3. The smallest absolute Gasteiger partial charge is 0.0541 e. The third-order valence-electron chi connectivity index (χ3n) is 2.88. The molecule has 4 heteroatoms. The van der Waals surface area contributed by atoms with Gasteiger partial charge in [0.2, 0.25) is 0 Å². The second-order valence-corrected chi connectivity index (χ2v) is 4.37. The summed E-state index contributed by atoms with van der Waals surface area (Å²) in [5, 5.41) is 6.95. The van der Waals surface area contributed by atoms with Gasteiger partial charge in [0.1, 0.15) is 0 Å². The molecular formula is C12H20N4. The molecule has 0 amide bonds. The molecule has 1 aliphatic rings. The third kappa shape index (κ3) is 3.56. The zero-order valence-corrected chi connectivity index (χ0v) is 9.82. The van der Waals surface area contributed by atoms with Crippen molar-refractivity contribution in [2.24, 2.45) is 0 Å². The molecule has 0 radical (unpaired) electrons. The average Bonchev–Trinajstić information content (AvgIpc) is 2.30. The van der Waals surface area contributed by atoms with Crippen molar-refractivity contribution < 1.29 is 0 Å². The minimum Gasteiger partial charge on any atom is -0.310 e. The summed E-state index contributed by atoms with van der Waals surface area (Å²) < 4.78 is 0. The van der Waals surface area contributed by atoms with Gasteiger partial charge in [0, 0.05) is 45.0 Å². The fraction of sp³-hybridized carbons (Fsp3) is 0.583. The molecule has 1 aromatic rings. The quantitative estimate of drug-likeness (QED) is 0.753. The van der Waals surface area contributed by atoms with E-state index in [9.17, 15) is 0 Å². The van der Waals surface area contributed by atoms with Crippen molar-refractivity contribution in [3.8, 4) is 0 Å². The molecule has 2 N–H and O–H groups in total. The first-order chi connectivity index (χ1) is 7.84. The Bertz CT molecular complexity index is 301. The van der Waals surface area contributed by atoms with Gasteiger partial charge in [0.25, 0.3) is 0 Å². The van der Waals surface area contributed by atoms with E-state index in [2.05, 4.69) is 27.6 Å². The van der Waals surface area contributed by atoms with E-state index in [1.54, 1.807) is 0 Å². The Kier molecular flexibility index (Phi) is 4.27. The second kappa shape index (κ2) is 5.94. The van der Waals surface area contributed by atoms with E-state index in [1.807, 2.05) is 24.4 Å². The van der Waals surface area contributed by atoms with Gasteiger partial charge >= 0.3 is 0 Å². The number of pyridine rings is 1. The molecule has 1 aromatic heterocycles. The maximum atomic E-state index is 4.28. The zero-order chi connectivity index (χ0) is 11.2. The lowest BCUT2D eigenvalue weighted by Gasteiger charge is -2.31. The van der Waals surface area contributed by atoms with Gasteiger partial charge in [0.05, 0.1) is 5.69 Å². The van der Waals surface area contributed by atoms with Crippen LogP contribution in [-0.4, -0.2) is 49.2 Å². The van der Waals surface area contributed by atoms with Gasteiger partial charge in [-0.05, 0) is 19.2 Å². The lowest BCUT2D eigenvalue weighted by Crippen LogP contribution is -2.53. The Morgan fingerprint density at radius 3 is 3.25 bits per heavy atom. The van der Waals surface area contributed by atoms with Crippen molar-refractivity contribution in [1.82, 2.24) is 20.5 Å².